The molecule has 2 aromatic carbocycles. The lowest BCUT2D eigenvalue weighted by Crippen LogP contribution is -2.43. The summed E-state index contributed by atoms with van der Waals surface area (Å²) in [5, 5.41) is 21.2. The first kappa shape index (κ1) is 23.2. The smallest absolute Gasteiger partial charge is 0.140 e. The van der Waals surface area contributed by atoms with Crippen LogP contribution in [-0.2, 0) is 25.1 Å². The number of alkyl halides is 1. The molecule has 5 rings (SSSR count). The van der Waals surface area contributed by atoms with Gasteiger partial charge in [-0.1, -0.05) is 19.1 Å². The highest BCUT2D eigenvalue weighted by Gasteiger charge is 2.37. The molecule has 3 aromatic rings. The second kappa shape index (κ2) is 9.23. The SMILES string of the molecule is CCc1cc(F)c(-c2nc3c([nH]2)CNCC3)cc1C(=N)N1CCC(F)(c2ccc(C#N)cc2)CC1. The first-order valence-electron chi connectivity index (χ1n) is 12.1. The molecule has 2 aliphatic rings. The maximum Gasteiger partial charge on any atom is 0.140 e. The molecule has 0 bridgehead atoms. The number of aryl methyl sites for hydroxylation is 1. The molecule has 0 unspecified atom stereocenters. The van der Waals surface area contributed by atoms with Crippen molar-refractivity contribution in [2.24, 2.45) is 0 Å². The number of fused-ring (bicyclic) bond motifs is 1. The fraction of sp³-hybridized carbons (Fsp3) is 0.370. The lowest BCUT2D eigenvalue weighted by Gasteiger charge is -2.38. The second-order valence-electron chi connectivity index (χ2n) is 9.27. The number of halogens is 2. The fourth-order valence-corrected chi connectivity index (χ4v) is 5.04. The highest BCUT2D eigenvalue weighted by atomic mass is 19.1. The van der Waals surface area contributed by atoms with Gasteiger partial charge in [0.2, 0.25) is 0 Å². The third-order valence-corrected chi connectivity index (χ3v) is 7.19. The zero-order valence-electron chi connectivity index (χ0n) is 19.7. The first-order chi connectivity index (χ1) is 16.9. The van der Waals surface area contributed by atoms with E-state index >= 15 is 8.78 Å². The van der Waals surface area contributed by atoms with Gasteiger partial charge in [0.25, 0.3) is 0 Å². The molecule has 2 aliphatic heterocycles. The number of hydrogen-bond acceptors (Lipinski definition) is 4. The Morgan fingerprint density at radius 2 is 1.97 bits per heavy atom. The Morgan fingerprint density at radius 1 is 1.23 bits per heavy atom. The maximum atomic E-state index is 15.7. The molecule has 0 atom stereocenters. The molecule has 3 heterocycles. The highest BCUT2D eigenvalue weighted by molar-refractivity contribution is 5.99. The van der Waals surface area contributed by atoms with Crippen LogP contribution in [0.5, 0.6) is 0 Å². The third kappa shape index (κ3) is 4.32. The van der Waals surface area contributed by atoms with Crippen molar-refractivity contribution in [2.75, 3.05) is 19.6 Å². The number of nitrogens with one attached hydrogen (secondary N) is 3. The summed E-state index contributed by atoms with van der Waals surface area (Å²) in [6.07, 6.45) is 1.87. The van der Waals surface area contributed by atoms with E-state index in [-0.39, 0.29) is 24.5 Å². The van der Waals surface area contributed by atoms with E-state index in [4.69, 9.17) is 10.7 Å². The molecule has 180 valence electrons. The Bertz CT molecular complexity index is 1270. The first-order valence-corrected chi connectivity index (χ1v) is 12.1. The summed E-state index contributed by atoms with van der Waals surface area (Å²) in [6.45, 7) is 4.23. The number of hydrogen-bond donors (Lipinski definition) is 3. The van der Waals surface area contributed by atoms with Crippen molar-refractivity contribution in [3.8, 4) is 17.5 Å². The van der Waals surface area contributed by atoms with Gasteiger partial charge in [-0.25, -0.2) is 13.8 Å². The highest BCUT2D eigenvalue weighted by Crippen LogP contribution is 2.38. The number of benzene rings is 2. The monoisotopic (exact) mass is 474 g/mol. The normalized spacial score (nSPS) is 17.0. The average molecular weight is 475 g/mol. The van der Waals surface area contributed by atoms with Crippen molar-refractivity contribution in [2.45, 2.75) is 44.8 Å². The summed E-state index contributed by atoms with van der Waals surface area (Å²) in [6, 6.07) is 11.9. The molecule has 1 saturated heterocycles. The molecule has 1 aromatic heterocycles. The summed E-state index contributed by atoms with van der Waals surface area (Å²) in [7, 11) is 0. The number of nitriles is 1. The van der Waals surface area contributed by atoms with Crippen LogP contribution in [0, 0.1) is 22.6 Å². The van der Waals surface area contributed by atoms with Crippen LogP contribution < -0.4 is 5.32 Å². The van der Waals surface area contributed by atoms with Crippen molar-refractivity contribution >= 4 is 5.84 Å². The number of H-pyrrole nitrogens is 1. The Hall–Kier alpha value is -3.57. The number of nitrogens with zero attached hydrogens (tertiary/aromatic N) is 3. The van der Waals surface area contributed by atoms with E-state index in [1.54, 1.807) is 30.3 Å². The Labute approximate surface area is 203 Å². The molecule has 35 heavy (non-hydrogen) atoms. The van der Waals surface area contributed by atoms with Crippen LogP contribution in [0.4, 0.5) is 8.78 Å². The van der Waals surface area contributed by atoms with Gasteiger partial charge in [0.15, 0.2) is 0 Å². The molecule has 0 spiro atoms. The predicted molar refractivity (Wildman–Crippen MR) is 130 cm³/mol. The van der Waals surface area contributed by atoms with Crippen molar-refractivity contribution in [1.29, 1.82) is 10.7 Å². The number of aromatic amines is 1. The van der Waals surface area contributed by atoms with Crippen LogP contribution in [0.15, 0.2) is 36.4 Å². The van der Waals surface area contributed by atoms with E-state index in [1.807, 2.05) is 11.8 Å². The van der Waals surface area contributed by atoms with Gasteiger partial charge in [-0.3, -0.25) is 5.41 Å². The van der Waals surface area contributed by atoms with E-state index in [1.165, 1.54) is 6.07 Å². The largest absolute Gasteiger partial charge is 0.356 e. The Morgan fingerprint density at radius 3 is 2.63 bits per heavy atom. The van der Waals surface area contributed by atoms with E-state index in [9.17, 15) is 0 Å². The van der Waals surface area contributed by atoms with Crippen LogP contribution in [0.3, 0.4) is 0 Å². The lowest BCUT2D eigenvalue weighted by molar-refractivity contribution is 0.0827. The molecule has 0 aliphatic carbocycles. The van der Waals surface area contributed by atoms with Gasteiger partial charge in [0.05, 0.1) is 28.6 Å². The molecular weight excluding hydrogens is 446 g/mol. The average Bonchev–Trinajstić information content (AvgIpc) is 3.32. The lowest BCUT2D eigenvalue weighted by atomic mass is 9.85. The maximum absolute atomic E-state index is 15.7. The van der Waals surface area contributed by atoms with Gasteiger partial charge < -0.3 is 15.2 Å². The van der Waals surface area contributed by atoms with E-state index in [0.717, 1.165) is 29.9 Å². The minimum Gasteiger partial charge on any atom is -0.356 e. The van der Waals surface area contributed by atoms with E-state index in [2.05, 4.69) is 21.4 Å². The van der Waals surface area contributed by atoms with Crippen LogP contribution in [0.2, 0.25) is 0 Å². The molecule has 3 N–H and O–H groups in total. The molecule has 0 amide bonds. The summed E-state index contributed by atoms with van der Waals surface area (Å²) in [5.41, 5.74) is 3.26. The predicted octanol–water partition coefficient (Wildman–Crippen LogP) is 4.58. The molecule has 0 saturated carbocycles. The van der Waals surface area contributed by atoms with Gasteiger partial charge in [0.1, 0.15) is 23.1 Å². The second-order valence-corrected chi connectivity index (χ2v) is 9.27. The van der Waals surface area contributed by atoms with Gasteiger partial charge in [-0.15, -0.1) is 0 Å². The summed E-state index contributed by atoms with van der Waals surface area (Å²) >= 11 is 0. The number of likely N-dealkylation sites (tertiary alicyclic amines) is 1. The number of amidine groups is 1. The zero-order valence-corrected chi connectivity index (χ0v) is 19.7. The van der Waals surface area contributed by atoms with Gasteiger partial charge in [-0.05, 0) is 41.8 Å². The van der Waals surface area contributed by atoms with Crippen LogP contribution >= 0.6 is 0 Å². The number of rotatable bonds is 4. The number of aromatic nitrogens is 2. The molecule has 6 nitrogen and oxygen atoms in total. The van der Waals surface area contributed by atoms with Crippen LogP contribution in [0.1, 0.15) is 53.4 Å². The minimum atomic E-state index is -1.49. The zero-order chi connectivity index (χ0) is 24.6. The van der Waals surface area contributed by atoms with Gasteiger partial charge in [0, 0.05) is 51.0 Å². The minimum absolute atomic E-state index is 0.245. The van der Waals surface area contributed by atoms with E-state index in [0.29, 0.717) is 54.1 Å². The van der Waals surface area contributed by atoms with Crippen LogP contribution in [-0.4, -0.2) is 40.3 Å². The van der Waals surface area contributed by atoms with Gasteiger partial charge >= 0.3 is 0 Å². The fourth-order valence-electron chi connectivity index (χ4n) is 5.04. The Kier molecular flexibility index (Phi) is 6.12. The summed E-state index contributed by atoms with van der Waals surface area (Å²) in [5.74, 6) is 0.401. The van der Waals surface area contributed by atoms with Crippen LogP contribution in [0.25, 0.3) is 11.4 Å². The quantitative estimate of drug-likeness (QED) is 0.381. The van der Waals surface area contributed by atoms with Crippen molar-refractivity contribution in [3.05, 3.63) is 75.9 Å². The topological polar surface area (TPSA) is 91.6 Å². The summed E-state index contributed by atoms with van der Waals surface area (Å²) in [4.78, 5) is 9.74. The van der Waals surface area contributed by atoms with Crippen molar-refractivity contribution < 1.29 is 8.78 Å². The number of imidazole rings is 1. The molecule has 0 radical (unpaired) electrons. The van der Waals surface area contributed by atoms with Gasteiger partial charge in [-0.2, -0.15) is 5.26 Å². The molecule has 1 fully saturated rings. The summed E-state index contributed by atoms with van der Waals surface area (Å²) < 4.78 is 30.8. The third-order valence-electron chi connectivity index (χ3n) is 7.19. The van der Waals surface area contributed by atoms with E-state index < -0.39 is 5.67 Å². The number of piperidine rings is 1. The standard InChI is InChI=1S/C27H28F2N6/c1-2-18-13-22(28)21(26-33-23-7-10-32-16-24(23)34-26)14-20(18)25(31)35-11-8-27(29,9-12-35)19-5-3-17(15-30)4-6-19/h3-6,13-14,31-32H,2,7-12,16H2,1H3,(H,33,34). The Balaban J connectivity index is 1.39. The van der Waals surface area contributed by atoms with Crippen molar-refractivity contribution in [3.63, 3.8) is 0 Å². The molecule has 8 heteroatoms. The van der Waals surface area contributed by atoms with Crippen molar-refractivity contribution in [1.82, 2.24) is 20.2 Å². The molecular formula is C27H28F2N6.